The van der Waals surface area contributed by atoms with Crippen LogP contribution in [-0.2, 0) is 14.8 Å². The maximum absolute atomic E-state index is 12.9. The van der Waals surface area contributed by atoms with E-state index in [-0.39, 0.29) is 29.5 Å². The fourth-order valence-corrected chi connectivity index (χ4v) is 3.01. The topological polar surface area (TPSA) is 92.5 Å². The molecule has 0 spiro atoms. The molecule has 0 aliphatic carbocycles. The Morgan fingerprint density at radius 3 is 2.48 bits per heavy atom. The summed E-state index contributed by atoms with van der Waals surface area (Å²) < 4.78 is 39.2. The zero-order valence-corrected chi connectivity index (χ0v) is 12.9. The molecule has 0 saturated carbocycles. The summed E-state index contributed by atoms with van der Waals surface area (Å²) in [6.45, 7) is 4.82. The van der Waals surface area contributed by atoms with E-state index in [1.165, 1.54) is 0 Å². The minimum atomic E-state index is -3.85. The van der Waals surface area contributed by atoms with Crippen molar-refractivity contribution in [2.75, 3.05) is 25.4 Å². The van der Waals surface area contributed by atoms with Crippen molar-refractivity contribution >= 4 is 21.6 Å². The van der Waals surface area contributed by atoms with E-state index in [4.69, 9.17) is 5.73 Å². The van der Waals surface area contributed by atoms with Gasteiger partial charge in [-0.15, -0.1) is 0 Å². The molecule has 0 fully saturated rings. The van der Waals surface area contributed by atoms with Crippen LogP contribution in [0.4, 0.5) is 10.1 Å². The fourth-order valence-electron chi connectivity index (χ4n) is 1.87. The van der Waals surface area contributed by atoms with Gasteiger partial charge < -0.3 is 10.6 Å². The van der Waals surface area contributed by atoms with Gasteiger partial charge in [-0.05, 0) is 32.0 Å². The van der Waals surface area contributed by atoms with Gasteiger partial charge in [-0.1, -0.05) is 0 Å². The van der Waals surface area contributed by atoms with Gasteiger partial charge in [-0.3, -0.25) is 4.79 Å². The normalized spacial score (nSPS) is 11.4. The molecule has 0 saturated heterocycles. The summed E-state index contributed by atoms with van der Waals surface area (Å²) in [7, 11) is -3.85. The lowest BCUT2D eigenvalue weighted by molar-refractivity contribution is -0.130. The predicted molar refractivity (Wildman–Crippen MR) is 78.5 cm³/mol. The Balaban J connectivity index is 2.68. The van der Waals surface area contributed by atoms with Crippen molar-refractivity contribution in [1.82, 2.24) is 9.62 Å². The largest absolute Gasteiger partial charge is 0.398 e. The summed E-state index contributed by atoms with van der Waals surface area (Å²) in [5, 5.41) is 0. The highest BCUT2D eigenvalue weighted by Crippen LogP contribution is 2.18. The van der Waals surface area contributed by atoms with Crippen LogP contribution in [0.15, 0.2) is 23.1 Å². The Bertz CT molecular complexity index is 601. The number of carbonyl (C=O) groups excluding carboxylic acids is 1. The standard InChI is InChI=1S/C13H20FN3O3S/c1-3-17(4-2)13(18)7-8-16-21(19,20)12-6-5-10(14)9-11(12)15/h5-6,9,16H,3-4,7-8,15H2,1-2H3. The van der Waals surface area contributed by atoms with Gasteiger partial charge in [0.2, 0.25) is 15.9 Å². The average molecular weight is 317 g/mol. The summed E-state index contributed by atoms with van der Waals surface area (Å²) in [5.41, 5.74) is 5.33. The molecule has 0 atom stereocenters. The van der Waals surface area contributed by atoms with Gasteiger partial charge in [-0.25, -0.2) is 17.5 Å². The number of nitrogens with two attached hydrogens (primary N) is 1. The molecule has 0 aliphatic heterocycles. The highest BCUT2D eigenvalue weighted by Gasteiger charge is 2.18. The Labute approximate surface area is 124 Å². The highest BCUT2D eigenvalue weighted by atomic mass is 32.2. The van der Waals surface area contributed by atoms with Gasteiger partial charge in [-0.2, -0.15) is 0 Å². The lowest BCUT2D eigenvalue weighted by Gasteiger charge is -2.18. The van der Waals surface area contributed by atoms with Gasteiger partial charge in [0.05, 0.1) is 5.69 Å². The second kappa shape index (κ2) is 7.37. The number of sulfonamides is 1. The summed E-state index contributed by atoms with van der Waals surface area (Å²) in [5.74, 6) is -0.738. The minimum absolute atomic E-state index is 0.0333. The predicted octanol–water partition coefficient (Wildman–Crippen LogP) is 0.945. The molecule has 1 amide bonds. The maximum atomic E-state index is 12.9. The number of amides is 1. The molecule has 0 heterocycles. The molecule has 21 heavy (non-hydrogen) atoms. The van der Waals surface area contributed by atoms with E-state index in [1.54, 1.807) is 4.90 Å². The smallest absolute Gasteiger partial charge is 0.242 e. The molecule has 8 heteroatoms. The highest BCUT2D eigenvalue weighted by molar-refractivity contribution is 7.89. The number of hydrogen-bond acceptors (Lipinski definition) is 4. The summed E-state index contributed by atoms with van der Waals surface area (Å²) >= 11 is 0. The third kappa shape index (κ3) is 4.68. The van der Waals surface area contributed by atoms with Gasteiger partial charge in [0.1, 0.15) is 10.7 Å². The number of benzene rings is 1. The number of nitrogen functional groups attached to an aromatic ring is 1. The molecule has 1 aromatic rings. The summed E-state index contributed by atoms with van der Waals surface area (Å²) in [6.07, 6.45) is 0.0575. The van der Waals surface area contributed by atoms with E-state index < -0.39 is 15.8 Å². The monoisotopic (exact) mass is 317 g/mol. The van der Waals surface area contributed by atoms with Crippen LogP contribution in [0.25, 0.3) is 0 Å². The minimum Gasteiger partial charge on any atom is -0.398 e. The van der Waals surface area contributed by atoms with Crippen LogP contribution in [0, 0.1) is 5.82 Å². The molecular formula is C13H20FN3O3S. The first-order valence-corrected chi connectivity index (χ1v) is 8.12. The second-order valence-electron chi connectivity index (χ2n) is 4.40. The molecule has 118 valence electrons. The third-order valence-electron chi connectivity index (χ3n) is 3.01. The maximum Gasteiger partial charge on any atom is 0.242 e. The Kier molecular flexibility index (Phi) is 6.10. The molecule has 1 aromatic carbocycles. The first kappa shape index (κ1) is 17.4. The molecule has 0 unspecified atom stereocenters. The molecule has 1 rings (SSSR count). The number of nitrogens with zero attached hydrogens (tertiary/aromatic N) is 1. The van der Waals surface area contributed by atoms with E-state index >= 15 is 0 Å². The molecule has 3 N–H and O–H groups in total. The summed E-state index contributed by atoms with van der Waals surface area (Å²) in [6, 6.07) is 3.06. The Morgan fingerprint density at radius 2 is 1.95 bits per heavy atom. The van der Waals surface area contributed by atoms with Crippen LogP contribution in [0.2, 0.25) is 0 Å². The Morgan fingerprint density at radius 1 is 1.33 bits per heavy atom. The van der Waals surface area contributed by atoms with E-state index in [0.717, 1.165) is 18.2 Å². The molecular weight excluding hydrogens is 297 g/mol. The van der Waals surface area contributed by atoms with Crippen LogP contribution in [0.5, 0.6) is 0 Å². The van der Waals surface area contributed by atoms with E-state index in [0.29, 0.717) is 13.1 Å². The van der Waals surface area contributed by atoms with Crippen molar-refractivity contribution in [2.45, 2.75) is 25.2 Å². The molecule has 0 aromatic heterocycles. The SMILES string of the molecule is CCN(CC)C(=O)CCNS(=O)(=O)c1ccc(F)cc1N. The first-order chi connectivity index (χ1) is 9.81. The lowest BCUT2D eigenvalue weighted by Crippen LogP contribution is -2.34. The number of anilines is 1. The van der Waals surface area contributed by atoms with Crippen LogP contribution < -0.4 is 10.5 Å². The van der Waals surface area contributed by atoms with E-state index in [1.807, 2.05) is 13.8 Å². The van der Waals surface area contributed by atoms with Crippen LogP contribution in [0.3, 0.4) is 0 Å². The number of hydrogen-bond donors (Lipinski definition) is 2. The van der Waals surface area contributed by atoms with Crippen LogP contribution in [0.1, 0.15) is 20.3 Å². The van der Waals surface area contributed by atoms with Gasteiger partial charge >= 0.3 is 0 Å². The number of nitrogens with one attached hydrogen (secondary N) is 1. The zero-order valence-electron chi connectivity index (χ0n) is 12.1. The summed E-state index contributed by atoms with van der Waals surface area (Å²) in [4.78, 5) is 13.2. The van der Waals surface area contributed by atoms with Gasteiger partial charge in [0.15, 0.2) is 0 Å². The lowest BCUT2D eigenvalue weighted by atomic mass is 10.3. The van der Waals surface area contributed by atoms with Crippen molar-refractivity contribution in [3.63, 3.8) is 0 Å². The Hall–Kier alpha value is -1.67. The average Bonchev–Trinajstić information content (AvgIpc) is 2.39. The van der Waals surface area contributed by atoms with Crippen molar-refractivity contribution in [2.24, 2.45) is 0 Å². The van der Waals surface area contributed by atoms with Crippen LogP contribution in [-0.4, -0.2) is 38.9 Å². The van der Waals surface area contributed by atoms with Crippen molar-refractivity contribution in [1.29, 1.82) is 0 Å². The molecule has 0 aliphatic rings. The van der Waals surface area contributed by atoms with Crippen molar-refractivity contribution < 1.29 is 17.6 Å². The number of rotatable bonds is 7. The number of carbonyl (C=O) groups is 1. The molecule has 0 radical (unpaired) electrons. The van der Waals surface area contributed by atoms with Gasteiger partial charge in [0, 0.05) is 26.1 Å². The van der Waals surface area contributed by atoms with Crippen LogP contribution >= 0.6 is 0 Å². The van der Waals surface area contributed by atoms with Crippen molar-refractivity contribution in [3.05, 3.63) is 24.0 Å². The third-order valence-corrected chi connectivity index (χ3v) is 4.54. The van der Waals surface area contributed by atoms with Crippen molar-refractivity contribution in [3.8, 4) is 0 Å². The molecule has 6 nitrogen and oxygen atoms in total. The number of halogens is 1. The van der Waals surface area contributed by atoms with E-state index in [9.17, 15) is 17.6 Å². The quantitative estimate of drug-likeness (QED) is 0.732. The fraction of sp³-hybridized carbons (Fsp3) is 0.462. The molecule has 0 bridgehead atoms. The zero-order chi connectivity index (χ0) is 16.0. The second-order valence-corrected chi connectivity index (χ2v) is 6.13. The van der Waals surface area contributed by atoms with Gasteiger partial charge in [0.25, 0.3) is 0 Å². The first-order valence-electron chi connectivity index (χ1n) is 6.64. The van der Waals surface area contributed by atoms with E-state index in [2.05, 4.69) is 4.72 Å².